The Morgan fingerprint density at radius 1 is 0.958 bits per heavy atom. The summed E-state index contributed by atoms with van der Waals surface area (Å²) in [7, 11) is 0.448. The standard InChI is InChI=1S/C16H15N3O4S/c1-22-14-7-12-13(8-15(14)23-2)17-9-18-16(12)10-3-5-11(6-4-10)19-24(20)21/h3-9,24H,1-2H3,(H,19,20,21). The summed E-state index contributed by atoms with van der Waals surface area (Å²) in [6, 6.07) is 10.5. The lowest BCUT2D eigenvalue weighted by atomic mass is 10.1. The number of hydrogen-bond acceptors (Lipinski definition) is 6. The summed E-state index contributed by atoms with van der Waals surface area (Å²) in [5, 5.41) is 0.811. The van der Waals surface area contributed by atoms with Crippen molar-refractivity contribution < 1.29 is 17.9 Å². The second kappa shape index (κ2) is 6.71. The molecule has 0 amide bonds. The predicted molar refractivity (Wildman–Crippen MR) is 92.0 cm³/mol. The van der Waals surface area contributed by atoms with E-state index in [1.165, 1.54) is 6.33 Å². The molecule has 0 atom stereocenters. The van der Waals surface area contributed by atoms with Crippen LogP contribution in [0.3, 0.4) is 0 Å². The van der Waals surface area contributed by atoms with E-state index in [1.54, 1.807) is 44.6 Å². The molecule has 3 rings (SSSR count). The van der Waals surface area contributed by atoms with Crippen LogP contribution in [0.5, 0.6) is 11.5 Å². The molecule has 2 aromatic carbocycles. The summed E-state index contributed by atoms with van der Waals surface area (Å²) < 4.78 is 34.4. The largest absolute Gasteiger partial charge is 0.493 e. The van der Waals surface area contributed by atoms with Gasteiger partial charge in [-0.1, -0.05) is 12.1 Å². The van der Waals surface area contributed by atoms with Crippen molar-refractivity contribution in [2.75, 3.05) is 18.9 Å². The lowest BCUT2D eigenvalue weighted by Crippen LogP contribution is -1.96. The molecule has 0 aliphatic rings. The minimum absolute atomic E-state index is 0.493. The Morgan fingerprint density at radius 3 is 2.25 bits per heavy atom. The number of anilines is 1. The molecular formula is C16H15N3O4S. The molecule has 0 unspecified atom stereocenters. The number of rotatable bonds is 5. The van der Waals surface area contributed by atoms with Gasteiger partial charge >= 0.3 is 0 Å². The minimum atomic E-state index is -2.69. The molecule has 0 fully saturated rings. The Balaban J connectivity index is 2.12. The fraction of sp³-hybridized carbons (Fsp3) is 0.125. The Labute approximate surface area is 140 Å². The van der Waals surface area contributed by atoms with Crippen LogP contribution < -0.4 is 14.2 Å². The van der Waals surface area contributed by atoms with Gasteiger partial charge in [-0.05, 0) is 18.2 Å². The molecule has 0 radical (unpaired) electrons. The number of benzene rings is 2. The second-order valence-corrected chi connectivity index (χ2v) is 5.63. The zero-order valence-electron chi connectivity index (χ0n) is 13.0. The summed E-state index contributed by atoms with van der Waals surface area (Å²) >= 11 is 0. The first-order valence-electron chi connectivity index (χ1n) is 7.00. The third-order valence-corrected chi connectivity index (χ3v) is 3.96. The van der Waals surface area contributed by atoms with Gasteiger partial charge in [0.1, 0.15) is 6.33 Å². The molecular weight excluding hydrogens is 330 g/mol. The van der Waals surface area contributed by atoms with Gasteiger partial charge in [-0.15, -0.1) is 0 Å². The highest BCUT2D eigenvalue weighted by molar-refractivity contribution is 7.73. The number of fused-ring (bicyclic) bond motifs is 1. The molecule has 0 saturated carbocycles. The number of ether oxygens (including phenoxy) is 2. The third-order valence-electron chi connectivity index (χ3n) is 3.52. The van der Waals surface area contributed by atoms with Crippen LogP contribution in [0.15, 0.2) is 42.7 Å². The lowest BCUT2D eigenvalue weighted by Gasteiger charge is -2.11. The third kappa shape index (κ3) is 3.09. The van der Waals surface area contributed by atoms with Crippen molar-refractivity contribution in [3.63, 3.8) is 0 Å². The first-order chi connectivity index (χ1) is 11.6. The van der Waals surface area contributed by atoms with Crippen molar-refractivity contribution in [3.05, 3.63) is 42.7 Å². The number of nitrogens with one attached hydrogen (secondary N) is 1. The van der Waals surface area contributed by atoms with Crippen LogP contribution in [0.25, 0.3) is 22.2 Å². The van der Waals surface area contributed by atoms with Crippen LogP contribution in [-0.4, -0.2) is 32.6 Å². The molecule has 8 heteroatoms. The maximum absolute atomic E-state index is 10.7. The number of nitrogens with zero attached hydrogens (tertiary/aromatic N) is 2. The summed E-state index contributed by atoms with van der Waals surface area (Å²) in [4.78, 5) is 8.62. The van der Waals surface area contributed by atoms with Crippen LogP contribution in [-0.2, 0) is 10.9 Å². The molecule has 0 aliphatic carbocycles. The van der Waals surface area contributed by atoms with E-state index in [9.17, 15) is 8.42 Å². The average Bonchev–Trinajstić information content (AvgIpc) is 2.60. The monoisotopic (exact) mass is 345 g/mol. The smallest absolute Gasteiger partial charge is 0.222 e. The second-order valence-electron chi connectivity index (χ2n) is 4.89. The summed E-state index contributed by atoms with van der Waals surface area (Å²) in [5.41, 5.74) is 2.77. The first kappa shape index (κ1) is 16.0. The van der Waals surface area contributed by atoms with Gasteiger partial charge in [0, 0.05) is 22.7 Å². The van der Waals surface area contributed by atoms with E-state index in [4.69, 9.17) is 9.47 Å². The van der Waals surface area contributed by atoms with Crippen molar-refractivity contribution in [2.45, 2.75) is 0 Å². The zero-order chi connectivity index (χ0) is 17.1. The summed E-state index contributed by atoms with van der Waals surface area (Å²) in [5.74, 6) is 1.18. The molecule has 0 spiro atoms. The Hall–Kier alpha value is -2.87. The van der Waals surface area contributed by atoms with Crippen molar-refractivity contribution >= 4 is 27.5 Å². The summed E-state index contributed by atoms with van der Waals surface area (Å²) in [6.07, 6.45) is 1.48. The number of hydrogen-bond donors (Lipinski definition) is 2. The van der Waals surface area contributed by atoms with Crippen molar-refractivity contribution in [3.8, 4) is 22.8 Å². The lowest BCUT2D eigenvalue weighted by molar-refractivity contribution is 0.356. The highest BCUT2D eigenvalue weighted by atomic mass is 32.2. The molecule has 3 aromatic rings. The van der Waals surface area contributed by atoms with Crippen molar-refractivity contribution in [1.29, 1.82) is 0 Å². The summed E-state index contributed by atoms with van der Waals surface area (Å²) in [6.45, 7) is 0. The van der Waals surface area contributed by atoms with Gasteiger partial charge in [0.05, 0.1) is 25.4 Å². The van der Waals surface area contributed by atoms with E-state index in [-0.39, 0.29) is 0 Å². The van der Waals surface area contributed by atoms with E-state index < -0.39 is 10.9 Å². The molecule has 124 valence electrons. The van der Waals surface area contributed by atoms with Crippen LogP contribution in [0, 0.1) is 0 Å². The number of methoxy groups -OCH3 is 2. The molecule has 0 saturated heterocycles. The van der Waals surface area contributed by atoms with Crippen molar-refractivity contribution in [1.82, 2.24) is 9.97 Å². The van der Waals surface area contributed by atoms with Crippen LogP contribution in [0.4, 0.5) is 5.69 Å². The highest BCUT2D eigenvalue weighted by Gasteiger charge is 2.12. The minimum Gasteiger partial charge on any atom is -0.493 e. The predicted octanol–water partition coefficient (Wildman–Crippen LogP) is 2.25. The molecule has 0 bridgehead atoms. The van der Waals surface area contributed by atoms with E-state index in [0.717, 1.165) is 22.2 Å². The fourth-order valence-electron chi connectivity index (χ4n) is 2.42. The fourth-order valence-corrected chi connectivity index (χ4v) is 2.78. The maximum atomic E-state index is 10.7. The molecule has 7 nitrogen and oxygen atoms in total. The Bertz CT molecular complexity index is 947. The first-order valence-corrected chi connectivity index (χ1v) is 8.18. The van der Waals surface area contributed by atoms with Gasteiger partial charge in [-0.3, -0.25) is 4.72 Å². The Kier molecular flexibility index (Phi) is 4.48. The average molecular weight is 345 g/mol. The van der Waals surface area contributed by atoms with E-state index >= 15 is 0 Å². The van der Waals surface area contributed by atoms with E-state index in [0.29, 0.717) is 17.2 Å². The van der Waals surface area contributed by atoms with E-state index in [1.807, 2.05) is 6.07 Å². The molecule has 24 heavy (non-hydrogen) atoms. The Morgan fingerprint density at radius 2 is 1.62 bits per heavy atom. The van der Waals surface area contributed by atoms with Gasteiger partial charge in [0.25, 0.3) is 0 Å². The molecule has 0 aliphatic heterocycles. The van der Waals surface area contributed by atoms with Crippen molar-refractivity contribution in [2.24, 2.45) is 0 Å². The quantitative estimate of drug-likeness (QED) is 0.689. The van der Waals surface area contributed by atoms with Crippen LogP contribution in [0.2, 0.25) is 0 Å². The highest BCUT2D eigenvalue weighted by Crippen LogP contribution is 2.35. The normalized spacial score (nSPS) is 10.8. The van der Waals surface area contributed by atoms with Gasteiger partial charge in [-0.25, -0.2) is 18.4 Å². The zero-order valence-corrected chi connectivity index (χ0v) is 13.9. The maximum Gasteiger partial charge on any atom is 0.222 e. The number of thiol groups is 1. The molecule has 1 heterocycles. The van der Waals surface area contributed by atoms with Gasteiger partial charge in [0.2, 0.25) is 10.9 Å². The molecule has 1 N–H and O–H groups in total. The van der Waals surface area contributed by atoms with Crippen LogP contribution >= 0.6 is 0 Å². The molecule has 1 aromatic heterocycles. The van der Waals surface area contributed by atoms with E-state index in [2.05, 4.69) is 14.7 Å². The number of aromatic nitrogens is 2. The van der Waals surface area contributed by atoms with Crippen LogP contribution in [0.1, 0.15) is 0 Å². The topological polar surface area (TPSA) is 90.4 Å². The van der Waals surface area contributed by atoms with Gasteiger partial charge < -0.3 is 9.47 Å². The van der Waals surface area contributed by atoms with Gasteiger partial charge in [0.15, 0.2) is 11.5 Å². The van der Waals surface area contributed by atoms with Gasteiger partial charge in [-0.2, -0.15) is 0 Å². The SMILES string of the molecule is COc1cc2ncnc(-c3ccc(N[SH](=O)=O)cc3)c2cc1OC.